The van der Waals surface area contributed by atoms with E-state index in [-0.39, 0.29) is 16.7 Å². The van der Waals surface area contributed by atoms with Crippen molar-refractivity contribution in [3.63, 3.8) is 0 Å². The van der Waals surface area contributed by atoms with Crippen molar-refractivity contribution in [2.45, 2.75) is 30.7 Å². The van der Waals surface area contributed by atoms with Gasteiger partial charge in [-0.3, -0.25) is 10.1 Å². The summed E-state index contributed by atoms with van der Waals surface area (Å²) in [4.78, 5) is 13.5. The summed E-state index contributed by atoms with van der Waals surface area (Å²) in [6, 6.07) is 12.3. The summed E-state index contributed by atoms with van der Waals surface area (Å²) in [5.41, 5.74) is 5.74. The van der Waals surface area contributed by atoms with Crippen molar-refractivity contribution >= 4 is 34.0 Å². The first-order valence-electron chi connectivity index (χ1n) is 10.3. The molecule has 0 spiro atoms. The number of hydrogen-bond donors (Lipinski definition) is 0. The number of fused-ring (bicyclic) bond motifs is 4. The smallest absolute Gasteiger partial charge is 0.269 e. The Morgan fingerprint density at radius 3 is 2.45 bits per heavy atom. The molecule has 0 saturated carbocycles. The van der Waals surface area contributed by atoms with E-state index in [1.165, 1.54) is 25.9 Å². The van der Waals surface area contributed by atoms with Gasteiger partial charge in [-0.15, -0.1) is 0 Å². The maximum Gasteiger partial charge on any atom is 0.269 e. The first-order chi connectivity index (χ1) is 14.1. The van der Waals surface area contributed by atoms with E-state index in [1.54, 1.807) is 12.1 Å². The van der Waals surface area contributed by atoms with Crippen molar-refractivity contribution < 1.29 is 4.92 Å². The molecule has 0 bridgehead atoms. The fourth-order valence-electron chi connectivity index (χ4n) is 6.11. The molecule has 4 nitrogen and oxygen atoms in total. The van der Waals surface area contributed by atoms with Gasteiger partial charge in [0.15, 0.2) is 0 Å². The molecule has 0 fully saturated rings. The first-order valence-corrected chi connectivity index (χ1v) is 11.4. The van der Waals surface area contributed by atoms with Gasteiger partial charge < -0.3 is 4.90 Å². The normalized spacial score (nSPS) is 30.8. The molecule has 2 aliphatic carbocycles. The second-order valence-corrected chi connectivity index (χ2v) is 9.93. The molecule has 0 radical (unpaired) electrons. The van der Waals surface area contributed by atoms with Gasteiger partial charge in [0.1, 0.15) is 0 Å². The monoisotopic (exact) mass is 496 g/mol. The minimum absolute atomic E-state index is 0.167. The maximum absolute atomic E-state index is 11.1. The summed E-state index contributed by atoms with van der Waals surface area (Å²) in [5.74, 6) is 2.06. The lowest BCUT2D eigenvalue weighted by atomic mass is 9.71. The predicted molar refractivity (Wildman–Crippen MR) is 122 cm³/mol. The minimum atomic E-state index is -0.310. The summed E-state index contributed by atoms with van der Waals surface area (Å²) >= 11 is 2.47. The number of benzene rings is 2. The molecule has 5 unspecified atom stereocenters. The molecule has 5 heteroatoms. The van der Waals surface area contributed by atoms with E-state index in [1.807, 2.05) is 12.1 Å². The molecule has 29 heavy (non-hydrogen) atoms. The fourth-order valence-corrected chi connectivity index (χ4v) is 6.78. The molecule has 2 aromatic rings. The number of rotatable bonds is 2. The van der Waals surface area contributed by atoms with Crippen molar-refractivity contribution in [2.24, 2.45) is 11.8 Å². The third kappa shape index (κ3) is 2.56. The SMILES string of the molecule is O=[N+]([O-])c1ccc(C2C3CC=CC3c3cc(I)cc4c3N2CC2CC=CC42)cc1. The molecule has 2 aromatic carbocycles. The number of nitro benzene ring substituents is 1. The summed E-state index contributed by atoms with van der Waals surface area (Å²) in [6.07, 6.45) is 11.7. The molecule has 6 rings (SSSR count). The molecule has 2 heterocycles. The van der Waals surface area contributed by atoms with E-state index >= 15 is 0 Å². The molecular formula is C24H21IN2O2. The second kappa shape index (κ2) is 6.42. The van der Waals surface area contributed by atoms with Gasteiger partial charge in [-0.2, -0.15) is 0 Å². The van der Waals surface area contributed by atoms with Crippen LogP contribution in [-0.2, 0) is 0 Å². The van der Waals surface area contributed by atoms with Crippen LogP contribution in [0.15, 0.2) is 60.7 Å². The highest BCUT2D eigenvalue weighted by Crippen LogP contribution is 2.58. The summed E-state index contributed by atoms with van der Waals surface area (Å²) in [7, 11) is 0. The molecule has 146 valence electrons. The molecule has 0 N–H and O–H groups in total. The largest absolute Gasteiger partial charge is 0.363 e. The number of nitrogens with zero attached hydrogens (tertiary/aromatic N) is 2. The number of allylic oxidation sites excluding steroid dienone is 4. The van der Waals surface area contributed by atoms with Crippen LogP contribution in [0.2, 0.25) is 0 Å². The zero-order chi connectivity index (χ0) is 19.7. The Morgan fingerprint density at radius 1 is 1.00 bits per heavy atom. The summed E-state index contributed by atoms with van der Waals surface area (Å²) < 4.78 is 1.32. The number of hydrogen-bond acceptors (Lipinski definition) is 3. The van der Waals surface area contributed by atoms with Gasteiger partial charge in [0, 0.05) is 39.8 Å². The second-order valence-electron chi connectivity index (χ2n) is 8.68. The van der Waals surface area contributed by atoms with E-state index in [4.69, 9.17) is 0 Å². The van der Waals surface area contributed by atoms with Crippen LogP contribution in [-0.4, -0.2) is 11.5 Å². The molecule has 0 amide bonds. The van der Waals surface area contributed by atoms with Crippen LogP contribution in [0.3, 0.4) is 0 Å². The van der Waals surface area contributed by atoms with Gasteiger partial charge in [-0.05, 0) is 76.1 Å². The lowest BCUT2D eigenvalue weighted by Gasteiger charge is -2.51. The van der Waals surface area contributed by atoms with E-state index in [0.29, 0.717) is 23.7 Å². The number of anilines is 1. The van der Waals surface area contributed by atoms with Crippen molar-refractivity contribution in [1.29, 1.82) is 0 Å². The lowest BCUT2D eigenvalue weighted by molar-refractivity contribution is -0.384. The zero-order valence-corrected chi connectivity index (χ0v) is 18.0. The maximum atomic E-state index is 11.1. The van der Waals surface area contributed by atoms with Crippen LogP contribution in [0.1, 0.15) is 47.4 Å². The number of non-ortho nitro benzene ring substituents is 1. The predicted octanol–water partition coefficient (Wildman–Crippen LogP) is 6.09. The van der Waals surface area contributed by atoms with Gasteiger partial charge in [0.05, 0.1) is 11.0 Å². The van der Waals surface area contributed by atoms with Crippen molar-refractivity contribution in [3.05, 3.63) is 91.1 Å². The Bertz CT molecular complexity index is 1060. The van der Waals surface area contributed by atoms with Crippen LogP contribution >= 0.6 is 22.6 Å². The summed E-state index contributed by atoms with van der Waals surface area (Å²) in [5, 5.41) is 11.1. The van der Waals surface area contributed by atoms with E-state index < -0.39 is 0 Å². The van der Waals surface area contributed by atoms with Gasteiger partial charge in [0.25, 0.3) is 5.69 Å². The molecule has 4 aliphatic rings. The van der Waals surface area contributed by atoms with Gasteiger partial charge in [-0.25, -0.2) is 0 Å². The number of halogens is 1. The average molecular weight is 496 g/mol. The Kier molecular flexibility index (Phi) is 3.92. The standard InChI is InChI=1S/C24H21IN2O2/c25-16-11-21-18-4-1-3-15(18)13-26-23(14-7-9-17(10-8-14)27(28)29)20-6-2-5-19(20)22(12-16)24(21)26/h1-2,4-5,7-12,15,18-20,23H,3,6,13H2. The van der Waals surface area contributed by atoms with Crippen molar-refractivity contribution in [2.75, 3.05) is 11.4 Å². The van der Waals surface area contributed by atoms with Gasteiger partial charge in [0.2, 0.25) is 0 Å². The third-order valence-electron chi connectivity index (χ3n) is 7.26. The Morgan fingerprint density at radius 2 is 1.69 bits per heavy atom. The van der Waals surface area contributed by atoms with Crippen molar-refractivity contribution in [1.82, 2.24) is 0 Å². The lowest BCUT2D eigenvalue weighted by Crippen LogP contribution is -2.46. The molecule has 0 aromatic heterocycles. The Labute approximate surface area is 183 Å². The highest BCUT2D eigenvalue weighted by Gasteiger charge is 2.47. The highest BCUT2D eigenvalue weighted by atomic mass is 127. The highest BCUT2D eigenvalue weighted by molar-refractivity contribution is 14.1. The topological polar surface area (TPSA) is 46.4 Å². The fraction of sp³-hybridized carbons (Fsp3) is 0.333. The van der Waals surface area contributed by atoms with Gasteiger partial charge in [-0.1, -0.05) is 36.4 Å². The quantitative estimate of drug-likeness (QED) is 0.219. The Balaban J connectivity index is 1.54. The van der Waals surface area contributed by atoms with Crippen molar-refractivity contribution in [3.8, 4) is 0 Å². The number of nitro groups is 1. The molecule has 0 saturated heterocycles. The van der Waals surface area contributed by atoms with Crippen LogP contribution in [0.5, 0.6) is 0 Å². The Hall–Kier alpha value is -2.15. The molecule has 5 atom stereocenters. The molecular weight excluding hydrogens is 475 g/mol. The van der Waals surface area contributed by atoms with Crippen LogP contribution in [0, 0.1) is 25.5 Å². The average Bonchev–Trinajstić information content (AvgIpc) is 3.37. The minimum Gasteiger partial charge on any atom is -0.363 e. The van der Waals surface area contributed by atoms with E-state index in [9.17, 15) is 10.1 Å². The van der Waals surface area contributed by atoms with Gasteiger partial charge >= 0.3 is 0 Å². The summed E-state index contributed by atoms with van der Waals surface area (Å²) in [6.45, 7) is 1.06. The first kappa shape index (κ1) is 17.7. The van der Waals surface area contributed by atoms with Crippen LogP contribution < -0.4 is 4.90 Å². The zero-order valence-electron chi connectivity index (χ0n) is 15.9. The molecule has 2 aliphatic heterocycles. The van der Waals surface area contributed by atoms with E-state index in [0.717, 1.165) is 19.4 Å². The van der Waals surface area contributed by atoms with E-state index in [2.05, 4.69) is 63.9 Å². The third-order valence-corrected chi connectivity index (χ3v) is 7.88. The van der Waals surface area contributed by atoms with Crippen LogP contribution in [0.25, 0.3) is 0 Å². The van der Waals surface area contributed by atoms with Crippen LogP contribution in [0.4, 0.5) is 11.4 Å².